The van der Waals surface area contributed by atoms with Crippen molar-refractivity contribution in [3.63, 3.8) is 0 Å². The molecule has 0 spiro atoms. The van der Waals surface area contributed by atoms with Crippen molar-refractivity contribution < 1.29 is 17.9 Å². The highest BCUT2D eigenvalue weighted by Gasteiger charge is 2.26. The number of nitrogens with zero attached hydrogens (tertiary/aromatic N) is 1. The number of ether oxygens (including phenoxy) is 1. The van der Waals surface area contributed by atoms with Crippen LogP contribution in [0.5, 0.6) is 0 Å². The van der Waals surface area contributed by atoms with Crippen molar-refractivity contribution in [1.82, 2.24) is 9.62 Å². The lowest BCUT2D eigenvalue weighted by Crippen LogP contribution is -2.40. The number of carbonyl (C=O) groups is 1. The van der Waals surface area contributed by atoms with E-state index in [0.29, 0.717) is 31.9 Å². The molecule has 2 aromatic carbocycles. The molecule has 2 aromatic rings. The summed E-state index contributed by atoms with van der Waals surface area (Å²) in [5, 5.41) is 3.05. The van der Waals surface area contributed by atoms with Gasteiger partial charge in [-0.2, -0.15) is 4.31 Å². The average Bonchev–Trinajstić information content (AvgIpc) is 2.74. The van der Waals surface area contributed by atoms with E-state index in [0.717, 1.165) is 12.0 Å². The SMILES string of the molecule is CC[C@@H](NC(=O)c1ccc(S(=O)(=O)N2CCOCC2)cc1)c1ccc(C)c(C)c1. The molecule has 7 heteroatoms. The topological polar surface area (TPSA) is 75.7 Å². The smallest absolute Gasteiger partial charge is 0.251 e. The molecule has 6 nitrogen and oxygen atoms in total. The van der Waals surface area contributed by atoms with Crippen molar-refractivity contribution in [1.29, 1.82) is 0 Å². The third-order valence-corrected chi connectivity index (χ3v) is 7.28. The number of morpholine rings is 1. The molecule has 3 rings (SSSR count). The van der Waals surface area contributed by atoms with E-state index in [1.54, 1.807) is 12.1 Å². The van der Waals surface area contributed by atoms with Gasteiger partial charge in [0.25, 0.3) is 5.91 Å². The number of nitrogens with one attached hydrogen (secondary N) is 1. The molecule has 1 saturated heterocycles. The zero-order valence-corrected chi connectivity index (χ0v) is 18.0. The molecule has 0 radical (unpaired) electrons. The maximum absolute atomic E-state index is 12.7. The van der Waals surface area contributed by atoms with Crippen molar-refractivity contribution >= 4 is 15.9 Å². The van der Waals surface area contributed by atoms with Crippen LogP contribution in [-0.2, 0) is 14.8 Å². The molecule has 0 aliphatic carbocycles. The number of benzene rings is 2. The Hall–Kier alpha value is -2.22. The maximum atomic E-state index is 12.7. The summed E-state index contributed by atoms with van der Waals surface area (Å²) in [6.07, 6.45) is 0.762. The molecule has 1 atom stereocenters. The van der Waals surface area contributed by atoms with Crippen molar-refractivity contribution in [3.05, 3.63) is 64.7 Å². The Morgan fingerprint density at radius 2 is 1.72 bits per heavy atom. The van der Waals surface area contributed by atoms with E-state index in [1.807, 2.05) is 13.0 Å². The number of rotatable bonds is 6. The minimum Gasteiger partial charge on any atom is -0.379 e. The van der Waals surface area contributed by atoms with Crippen LogP contribution < -0.4 is 5.32 Å². The third kappa shape index (κ3) is 4.86. The van der Waals surface area contributed by atoms with E-state index in [9.17, 15) is 13.2 Å². The molecule has 29 heavy (non-hydrogen) atoms. The molecule has 1 heterocycles. The van der Waals surface area contributed by atoms with Gasteiger partial charge in [0.05, 0.1) is 24.2 Å². The first kappa shape index (κ1) is 21.5. The second-order valence-corrected chi connectivity index (χ2v) is 9.26. The summed E-state index contributed by atoms with van der Waals surface area (Å²) in [6.45, 7) is 7.63. The highest BCUT2D eigenvalue weighted by molar-refractivity contribution is 7.89. The lowest BCUT2D eigenvalue weighted by Gasteiger charge is -2.26. The van der Waals surface area contributed by atoms with E-state index in [1.165, 1.54) is 27.6 Å². The highest BCUT2D eigenvalue weighted by atomic mass is 32.2. The number of hydrogen-bond acceptors (Lipinski definition) is 4. The maximum Gasteiger partial charge on any atom is 0.251 e. The number of hydrogen-bond donors (Lipinski definition) is 1. The number of amides is 1. The Morgan fingerprint density at radius 1 is 1.07 bits per heavy atom. The van der Waals surface area contributed by atoms with E-state index in [2.05, 4.69) is 31.3 Å². The first-order valence-electron chi connectivity index (χ1n) is 9.89. The normalized spacial score (nSPS) is 16.4. The summed E-state index contributed by atoms with van der Waals surface area (Å²) >= 11 is 0. The van der Waals surface area contributed by atoms with Crippen LogP contribution in [0.4, 0.5) is 0 Å². The predicted octanol–water partition coefficient (Wildman–Crippen LogP) is 3.21. The van der Waals surface area contributed by atoms with E-state index in [-0.39, 0.29) is 16.8 Å². The van der Waals surface area contributed by atoms with E-state index in [4.69, 9.17) is 4.74 Å². The summed E-state index contributed by atoms with van der Waals surface area (Å²) in [7, 11) is -3.56. The average molecular weight is 417 g/mol. The molecule has 156 valence electrons. The summed E-state index contributed by atoms with van der Waals surface area (Å²) in [5.41, 5.74) is 3.91. The Balaban J connectivity index is 1.73. The summed E-state index contributed by atoms with van der Waals surface area (Å²) < 4.78 is 32.0. The fraction of sp³-hybridized carbons (Fsp3) is 0.409. The van der Waals surface area contributed by atoms with Crippen LogP contribution >= 0.6 is 0 Å². The summed E-state index contributed by atoms with van der Waals surface area (Å²) in [4.78, 5) is 12.9. The van der Waals surface area contributed by atoms with E-state index >= 15 is 0 Å². The molecule has 1 amide bonds. The first-order valence-corrected chi connectivity index (χ1v) is 11.3. The molecular formula is C22H28N2O4S. The van der Waals surface area contributed by atoms with Gasteiger partial charge < -0.3 is 10.1 Å². The Labute approximate surface area is 172 Å². The van der Waals surface area contributed by atoms with Crippen molar-refractivity contribution in [3.8, 4) is 0 Å². The van der Waals surface area contributed by atoms with Crippen LogP contribution in [0.3, 0.4) is 0 Å². The summed E-state index contributed by atoms with van der Waals surface area (Å²) in [6, 6.07) is 12.2. The van der Waals surface area contributed by atoms with E-state index < -0.39 is 10.0 Å². The van der Waals surface area contributed by atoms with Crippen molar-refractivity contribution in [2.24, 2.45) is 0 Å². The largest absolute Gasteiger partial charge is 0.379 e. The molecule has 1 aliphatic rings. The lowest BCUT2D eigenvalue weighted by atomic mass is 9.99. The van der Waals surface area contributed by atoms with Crippen LogP contribution in [0, 0.1) is 13.8 Å². The molecule has 0 bridgehead atoms. The van der Waals surface area contributed by atoms with Gasteiger partial charge in [-0.3, -0.25) is 4.79 Å². The minimum atomic E-state index is -3.56. The number of aryl methyl sites for hydroxylation is 2. The standard InChI is InChI=1S/C22H28N2O4S/c1-4-21(19-6-5-16(2)17(3)15-19)23-22(25)18-7-9-20(10-8-18)29(26,27)24-11-13-28-14-12-24/h5-10,15,21H,4,11-14H2,1-3H3,(H,23,25)/t21-/m1/s1. The van der Waals surface area contributed by atoms with Crippen LogP contribution in [-0.4, -0.2) is 44.9 Å². The van der Waals surface area contributed by atoms with Gasteiger partial charge >= 0.3 is 0 Å². The zero-order chi connectivity index (χ0) is 21.0. The number of sulfonamides is 1. The van der Waals surface area contributed by atoms with Crippen LogP contribution in [0.1, 0.15) is 46.4 Å². The fourth-order valence-electron chi connectivity index (χ4n) is 3.36. The van der Waals surface area contributed by atoms with Gasteiger partial charge in [0.1, 0.15) is 0 Å². The van der Waals surface area contributed by atoms with Crippen LogP contribution in [0.2, 0.25) is 0 Å². The molecular weight excluding hydrogens is 388 g/mol. The second kappa shape index (κ2) is 9.07. The first-order chi connectivity index (χ1) is 13.8. The molecule has 1 aliphatic heterocycles. The monoisotopic (exact) mass is 416 g/mol. The molecule has 0 unspecified atom stereocenters. The van der Waals surface area contributed by atoms with Gasteiger partial charge in [-0.05, 0) is 61.2 Å². The van der Waals surface area contributed by atoms with Gasteiger partial charge in [-0.1, -0.05) is 25.1 Å². The minimum absolute atomic E-state index is 0.0986. The van der Waals surface area contributed by atoms with Gasteiger partial charge in [0.15, 0.2) is 0 Å². The quantitative estimate of drug-likeness (QED) is 0.785. The van der Waals surface area contributed by atoms with Crippen molar-refractivity contribution in [2.75, 3.05) is 26.3 Å². The van der Waals surface area contributed by atoms with Gasteiger partial charge in [-0.15, -0.1) is 0 Å². The van der Waals surface area contributed by atoms with Crippen LogP contribution in [0.15, 0.2) is 47.4 Å². The Morgan fingerprint density at radius 3 is 2.31 bits per heavy atom. The summed E-state index contributed by atoms with van der Waals surface area (Å²) in [5.74, 6) is -0.217. The molecule has 1 N–H and O–H groups in total. The second-order valence-electron chi connectivity index (χ2n) is 7.32. The fourth-order valence-corrected chi connectivity index (χ4v) is 4.77. The van der Waals surface area contributed by atoms with Gasteiger partial charge in [-0.25, -0.2) is 8.42 Å². The zero-order valence-electron chi connectivity index (χ0n) is 17.1. The van der Waals surface area contributed by atoms with Gasteiger partial charge in [0.2, 0.25) is 10.0 Å². The number of carbonyl (C=O) groups excluding carboxylic acids is 1. The Bertz CT molecular complexity index is 965. The lowest BCUT2D eigenvalue weighted by molar-refractivity contribution is 0.0730. The molecule has 0 aromatic heterocycles. The molecule has 0 saturated carbocycles. The third-order valence-electron chi connectivity index (χ3n) is 5.37. The van der Waals surface area contributed by atoms with Crippen molar-refractivity contribution in [2.45, 2.75) is 38.1 Å². The highest BCUT2D eigenvalue weighted by Crippen LogP contribution is 2.21. The van der Waals surface area contributed by atoms with Gasteiger partial charge in [0, 0.05) is 18.7 Å². The Kier molecular flexibility index (Phi) is 6.72. The predicted molar refractivity (Wildman–Crippen MR) is 112 cm³/mol. The molecule has 1 fully saturated rings. The van der Waals surface area contributed by atoms with Crippen LogP contribution in [0.25, 0.3) is 0 Å².